The maximum absolute atomic E-state index is 12.1. The van der Waals surface area contributed by atoms with Crippen molar-refractivity contribution in [1.82, 2.24) is 9.55 Å². The van der Waals surface area contributed by atoms with E-state index in [0.29, 0.717) is 10.5 Å². The van der Waals surface area contributed by atoms with Gasteiger partial charge < -0.3 is 14.4 Å². The van der Waals surface area contributed by atoms with Gasteiger partial charge in [-0.3, -0.25) is 0 Å². The smallest absolute Gasteiger partial charge is 0.338 e. The molecule has 1 heterocycles. The number of para-hydroxylation sites is 2. The lowest BCUT2D eigenvalue weighted by molar-refractivity contribution is 0.0503. The number of nitrogens with zero attached hydrogens (tertiary/aromatic N) is 3. The normalized spacial score (nSPS) is 11.8. The van der Waals surface area contributed by atoms with Crippen LogP contribution in [0.2, 0.25) is 10.0 Å². The summed E-state index contributed by atoms with van der Waals surface area (Å²) in [5.41, 5.74) is 1.60. The first-order valence-corrected chi connectivity index (χ1v) is 8.54. The molecule has 0 spiro atoms. The molecule has 0 bridgehead atoms. The minimum Gasteiger partial charge on any atom is -0.507 e. The number of allylic oxidation sites excluding steroid dienone is 1. The van der Waals surface area contributed by atoms with Gasteiger partial charge in [-0.2, -0.15) is 5.26 Å². The van der Waals surface area contributed by atoms with Gasteiger partial charge in [0.1, 0.15) is 18.2 Å². The van der Waals surface area contributed by atoms with Crippen molar-refractivity contribution in [2.75, 3.05) is 6.61 Å². The molecule has 0 radical (unpaired) electrons. The van der Waals surface area contributed by atoms with Crippen LogP contribution >= 0.6 is 23.2 Å². The summed E-state index contributed by atoms with van der Waals surface area (Å²) in [5.74, 6) is -0.825. The van der Waals surface area contributed by atoms with Crippen molar-refractivity contribution < 1.29 is 14.6 Å². The number of carbonyl (C=O) groups excluding carboxylic acids is 1. The summed E-state index contributed by atoms with van der Waals surface area (Å²) < 4.78 is 6.75. The fraction of sp³-hybridized carbons (Fsp3) is 0.105. The van der Waals surface area contributed by atoms with Gasteiger partial charge in [-0.25, -0.2) is 9.78 Å². The lowest BCUT2D eigenvalue weighted by Gasteiger charge is -2.07. The number of imidazole rings is 1. The van der Waals surface area contributed by atoms with Crippen LogP contribution in [0, 0.1) is 11.3 Å². The summed E-state index contributed by atoms with van der Waals surface area (Å²) >= 11 is 11.7. The lowest BCUT2D eigenvalue weighted by Crippen LogP contribution is -2.10. The Labute approximate surface area is 164 Å². The van der Waals surface area contributed by atoms with Crippen LogP contribution in [0.4, 0.5) is 0 Å². The number of hydrogen-bond acceptors (Lipinski definition) is 5. The Bertz CT molecular complexity index is 1110. The van der Waals surface area contributed by atoms with Gasteiger partial charge in [0.05, 0.1) is 26.6 Å². The quantitative estimate of drug-likeness (QED) is 0.394. The average Bonchev–Trinajstić information content (AvgIpc) is 2.99. The van der Waals surface area contributed by atoms with E-state index in [0.717, 1.165) is 5.52 Å². The molecule has 0 atom stereocenters. The molecule has 1 aromatic heterocycles. The van der Waals surface area contributed by atoms with Gasteiger partial charge in [0.15, 0.2) is 11.6 Å². The van der Waals surface area contributed by atoms with Crippen LogP contribution in [0.5, 0.6) is 0 Å². The molecule has 0 saturated carbocycles. The second-order valence-electron chi connectivity index (χ2n) is 5.62. The Morgan fingerprint density at radius 3 is 2.67 bits per heavy atom. The van der Waals surface area contributed by atoms with Crippen molar-refractivity contribution in [2.45, 2.75) is 0 Å². The van der Waals surface area contributed by atoms with E-state index in [9.17, 15) is 15.2 Å². The van der Waals surface area contributed by atoms with Gasteiger partial charge in [-0.05, 0) is 30.3 Å². The number of ether oxygens (including phenoxy) is 1. The molecule has 0 unspecified atom stereocenters. The number of rotatable bonds is 4. The number of nitriles is 1. The number of aromatic nitrogens is 2. The van der Waals surface area contributed by atoms with E-state index in [1.54, 1.807) is 17.7 Å². The minimum atomic E-state index is -0.706. The monoisotopic (exact) mass is 401 g/mol. The van der Waals surface area contributed by atoms with Gasteiger partial charge >= 0.3 is 5.97 Å². The van der Waals surface area contributed by atoms with Gasteiger partial charge in [0, 0.05) is 7.05 Å². The molecule has 3 aromatic rings. The number of aliphatic hydroxyl groups excluding tert-OH is 1. The third-order valence-electron chi connectivity index (χ3n) is 3.91. The number of halogens is 2. The minimum absolute atomic E-state index is 0.0735. The molecule has 3 rings (SSSR count). The molecule has 0 saturated heterocycles. The molecule has 0 amide bonds. The maximum Gasteiger partial charge on any atom is 0.338 e. The van der Waals surface area contributed by atoms with Crippen LogP contribution in [0.3, 0.4) is 0 Å². The van der Waals surface area contributed by atoms with Crippen LogP contribution in [0.1, 0.15) is 16.2 Å². The fourth-order valence-electron chi connectivity index (χ4n) is 2.53. The standard InChI is InChI=1S/C19H13Cl2N3O3/c1-24-16-5-3-2-4-15(16)23-18(24)12(9-22)17(25)10-27-19(26)11-6-7-13(20)14(21)8-11/h2-8,25H,10H2,1H3/b17-12-. The van der Waals surface area contributed by atoms with Crippen LogP contribution in [-0.4, -0.2) is 27.2 Å². The predicted molar refractivity (Wildman–Crippen MR) is 103 cm³/mol. The van der Waals surface area contributed by atoms with Crippen molar-refractivity contribution in [1.29, 1.82) is 5.26 Å². The maximum atomic E-state index is 12.1. The molecular formula is C19H13Cl2N3O3. The highest BCUT2D eigenvalue weighted by Crippen LogP contribution is 2.24. The van der Waals surface area contributed by atoms with E-state index < -0.39 is 18.3 Å². The molecule has 8 heteroatoms. The van der Waals surface area contributed by atoms with Gasteiger partial charge in [0.25, 0.3) is 0 Å². The topological polar surface area (TPSA) is 88.1 Å². The number of esters is 1. The third-order valence-corrected chi connectivity index (χ3v) is 4.65. The molecule has 1 N–H and O–H groups in total. The molecule has 0 aliphatic rings. The van der Waals surface area contributed by atoms with Crippen LogP contribution in [0.25, 0.3) is 16.6 Å². The molecular weight excluding hydrogens is 389 g/mol. The van der Waals surface area contributed by atoms with Gasteiger partial charge in [-0.15, -0.1) is 0 Å². The zero-order chi connectivity index (χ0) is 19.6. The van der Waals surface area contributed by atoms with Crippen molar-refractivity contribution in [3.05, 3.63) is 69.7 Å². The lowest BCUT2D eigenvalue weighted by atomic mass is 10.2. The highest BCUT2D eigenvalue weighted by Gasteiger charge is 2.18. The number of hydrogen-bond donors (Lipinski definition) is 1. The first-order valence-electron chi connectivity index (χ1n) is 7.78. The highest BCUT2D eigenvalue weighted by atomic mass is 35.5. The van der Waals surface area contributed by atoms with Crippen LogP contribution < -0.4 is 0 Å². The van der Waals surface area contributed by atoms with E-state index in [1.165, 1.54) is 18.2 Å². The first kappa shape index (κ1) is 18.8. The van der Waals surface area contributed by atoms with Crippen molar-refractivity contribution in [3.63, 3.8) is 0 Å². The fourth-order valence-corrected chi connectivity index (χ4v) is 2.82. The van der Waals surface area contributed by atoms with E-state index in [-0.39, 0.29) is 22.0 Å². The number of aryl methyl sites for hydroxylation is 1. The van der Waals surface area contributed by atoms with Crippen molar-refractivity contribution in [2.24, 2.45) is 7.05 Å². The number of carbonyl (C=O) groups is 1. The van der Waals surface area contributed by atoms with E-state index in [1.807, 2.05) is 24.3 Å². The number of aliphatic hydroxyl groups is 1. The second kappa shape index (κ2) is 7.70. The Kier molecular flexibility index (Phi) is 5.36. The van der Waals surface area contributed by atoms with Gasteiger partial charge in [0.2, 0.25) is 0 Å². The number of fused-ring (bicyclic) bond motifs is 1. The molecule has 0 aliphatic carbocycles. The second-order valence-corrected chi connectivity index (χ2v) is 6.44. The predicted octanol–water partition coefficient (Wildman–Crippen LogP) is 4.53. The third kappa shape index (κ3) is 3.75. The molecule has 0 aliphatic heterocycles. The molecule has 27 heavy (non-hydrogen) atoms. The molecule has 6 nitrogen and oxygen atoms in total. The van der Waals surface area contributed by atoms with E-state index in [2.05, 4.69) is 4.98 Å². The largest absolute Gasteiger partial charge is 0.507 e. The van der Waals surface area contributed by atoms with Gasteiger partial charge in [-0.1, -0.05) is 35.3 Å². The summed E-state index contributed by atoms with van der Waals surface area (Å²) in [6.07, 6.45) is 0. The van der Waals surface area contributed by atoms with Crippen LogP contribution in [-0.2, 0) is 11.8 Å². The SMILES string of the molecule is Cn1c(/C(C#N)=C(\O)COC(=O)c2ccc(Cl)c(Cl)c2)nc2ccccc21. The summed E-state index contributed by atoms with van der Waals surface area (Å²) in [7, 11) is 1.73. The summed E-state index contributed by atoms with van der Waals surface area (Å²) in [6.45, 7) is -0.481. The Morgan fingerprint density at radius 2 is 2.00 bits per heavy atom. The van der Waals surface area contributed by atoms with E-state index >= 15 is 0 Å². The van der Waals surface area contributed by atoms with E-state index in [4.69, 9.17) is 27.9 Å². The Morgan fingerprint density at radius 1 is 1.26 bits per heavy atom. The Balaban J connectivity index is 1.85. The summed E-state index contributed by atoms with van der Waals surface area (Å²) in [4.78, 5) is 16.5. The zero-order valence-corrected chi connectivity index (χ0v) is 15.6. The highest BCUT2D eigenvalue weighted by molar-refractivity contribution is 6.42. The van der Waals surface area contributed by atoms with Crippen molar-refractivity contribution >= 4 is 45.8 Å². The first-order chi connectivity index (χ1) is 12.9. The molecule has 2 aromatic carbocycles. The Hall–Kier alpha value is -3.01. The van der Waals surface area contributed by atoms with Crippen molar-refractivity contribution in [3.8, 4) is 6.07 Å². The summed E-state index contributed by atoms with van der Waals surface area (Å²) in [6, 6.07) is 13.5. The average molecular weight is 402 g/mol. The number of benzene rings is 2. The van der Waals surface area contributed by atoms with Crippen LogP contribution in [0.15, 0.2) is 48.2 Å². The molecule has 136 valence electrons. The molecule has 0 fully saturated rings. The zero-order valence-electron chi connectivity index (χ0n) is 14.1. The summed E-state index contributed by atoms with van der Waals surface area (Å²) in [5, 5.41) is 20.3.